The zero-order valence-corrected chi connectivity index (χ0v) is 8.63. The lowest BCUT2D eigenvalue weighted by molar-refractivity contribution is 0.172. The molecule has 2 rings (SSSR count). The Morgan fingerprint density at radius 1 is 1.23 bits per heavy atom. The molecule has 0 radical (unpaired) electrons. The predicted octanol–water partition coefficient (Wildman–Crippen LogP) is -0.0142. The first-order valence-corrected chi connectivity index (χ1v) is 5.57. The standard InChI is InChI=1S/C10H21N3/c1-2-12-6-3-10(9-12)13-7-4-11-5-8-13/h10-11H,2-9H2,1H3/t10-/m0/s1. The Labute approximate surface area is 81.1 Å². The molecule has 2 aliphatic rings. The predicted molar refractivity (Wildman–Crippen MR) is 55.0 cm³/mol. The zero-order valence-electron chi connectivity index (χ0n) is 8.63. The molecule has 0 amide bonds. The highest BCUT2D eigenvalue weighted by molar-refractivity contribution is 4.84. The van der Waals surface area contributed by atoms with E-state index < -0.39 is 0 Å². The summed E-state index contributed by atoms with van der Waals surface area (Å²) in [6.07, 6.45) is 1.38. The van der Waals surface area contributed by atoms with E-state index in [1.54, 1.807) is 0 Å². The topological polar surface area (TPSA) is 18.5 Å². The van der Waals surface area contributed by atoms with Crippen molar-refractivity contribution in [3.05, 3.63) is 0 Å². The van der Waals surface area contributed by atoms with E-state index in [1.807, 2.05) is 0 Å². The average Bonchev–Trinajstić information content (AvgIpc) is 2.67. The first kappa shape index (κ1) is 9.44. The van der Waals surface area contributed by atoms with Crippen LogP contribution in [0.1, 0.15) is 13.3 Å². The van der Waals surface area contributed by atoms with Crippen molar-refractivity contribution in [3.8, 4) is 0 Å². The molecule has 1 N–H and O–H groups in total. The Bertz CT molecular complexity index is 154. The number of nitrogens with zero attached hydrogens (tertiary/aromatic N) is 2. The summed E-state index contributed by atoms with van der Waals surface area (Å²) < 4.78 is 0. The Hall–Kier alpha value is -0.120. The maximum Gasteiger partial charge on any atom is 0.0236 e. The number of nitrogens with one attached hydrogen (secondary N) is 1. The van der Waals surface area contributed by atoms with Crippen LogP contribution in [-0.2, 0) is 0 Å². The Morgan fingerprint density at radius 2 is 2.00 bits per heavy atom. The zero-order chi connectivity index (χ0) is 9.10. The molecule has 0 aliphatic carbocycles. The van der Waals surface area contributed by atoms with E-state index in [-0.39, 0.29) is 0 Å². The van der Waals surface area contributed by atoms with Crippen LogP contribution in [0.5, 0.6) is 0 Å². The van der Waals surface area contributed by atoms with Crippen molar-refractivity contribution in [3.63, 3.8) is 0 Å². The van der Waals surface area contributed by atoms with Crippen LogP contribution in [0.4, 0.5) is 0 Å². The van der Waals surface area contributed by atoms with Gasteiger partial charge in [-0.2, -0.15) is 0 Å². The minimum Gasteiger partial charge on any atom is -0.314 e. The molecular weight excluding hydrogens is 162 g/mol. The molecule has 0 aromatic carbocycles. The van der Waals surface area contributed by atoms with E-state index in [2.05, 4.69) is 22.0 Å². The van der Waals surface area contributed by atoms with Crippen molar-refractivity contribution in [1.29, 1.82) is 0 Å². The number of piperazine rings is 1. The van der Waals surface area contributed by atoms with E-state index >= 15 is 0 Å². The Morgan fingerprint density at radius 3 is 2.62 bits per heavy atom. The van der Waals surface area contributed by atoms with Crippen LogP contribution in [0, 0.1) is 0 Å². The fourth-order valence-electron chi connectivity index (χ4n) is 2.44. The van der Waals surface area contributed by atoms with Gasteiger partial charge in [0, 0.05) is 38.8 Å². The minimum atomic E-state index is 0.849. The average molecular weight is 183 g/mol. The van der Waals surface area contributed by atoms with Gasteiger partial charge < -0.3 is 10.2 Å². The van der Waals surface area contributed by atoms with E-state index in [4.69, 9.17) is 0 Å². The molecule has 0 bridgehead atoms. The van der Waals surface area contributed by atoms with Crippen molar-refractivity contribution >= 4 is 0 Å². The lowest BCUT2D eigenvalue weighted by Gasteiger charge is -2.32. The SMILES string of the molecule is CCN1CC[C@H](N2CCNCC2)C1. The molecular formula is C10H21N3. The third kappa shape index (κ3) is 2.22. The second kappa shape index (κ2) is 4.40. The summed E-state index contributed by atoms with van der Waals surface area (Å²) in [5, 5.41) is 3.41. The molecule has 2 saturated heterocycles. The van der Waals surface area contributed by atoms with Crippen LogP contribution in [0.3, 0.4) is 0 Å². The van der Waals surface area contributed by atoms with Gasteiger partial charge in [0.1, 0.15) is 0 Å². The molecule has 2 aliphatic heterocycles. The number of likely N-dealkylation sites (N-methyl/N-ethyl adjacent to an activating group) is 1. The van der Waals surface area contributed by atoms with Gasteiger partial charge in [0.15, 0.2) is 0 Å². The summed E-state index contributed by atoms with van der Waals surface area (Å²) in [6, 6.07) is 0.849. The fraction of sp³-hybridized carbons (Fsp3) is 1.00. The van der Waals surface area contributed by atoms with Crippen LogP contribution in [0.2, 0.25) is 0 Å². The summed E-state index contributed by atoms with van der Waals surface area (Å²) in [4.78, 5) is 5.22. The normalized spacial score (nSPS) is 32.5. The van der Waals surface area contributed by atoms with Gasteiger partial charge >= 0.3 is 0 Å². The third-order valence-corrected chi connectivity index (χ3v) is 3.36. The van der Waals surface area contributed by atoms with Gasteiger partial charge in [-0.05, 0) is 19.5 Å². The third-order valence-electron chi connectivity index (χ3n) is 3.36. The summed E-state index contributed by atoms with van der Waals surface area (Å²) in [6.45, 7) is 11.0. The van der Waals surface area contributed by atoms with Gasteiger partial charge in [-0.1, -0.05) is 6.92 Å². The van der Waals surface area contributed by atoms with Gasteiger partial charge in [0.2, 0.25) is 0 Å². The van der Waals surface area contributed by atoms with Gasteiger partial charge in [-0.3, -0.25) is 4.90 Å². The van der Waals surface area contributed by atoms with Crippen molar-refractivity contribution in [1.82, 2.24) is 15.1 Å². The molecule has 2 fully saturated rings. The summed E-state index contributed by atoms with van der Waals surface area (Å²) in [7, 11) is 0. The first-order chi connectivity index (χ1) is 6.40. The van der Waals surface area contributed by atoms with Crippen LogP contribution in [-0.4, -0.2) is 61.7 Å². The largest absolute Gasteiger partial charge is 0.314 e. The molecule has 76 valence electrons. The summed E-state index contributed by atoms with van der Waals surface area (Å²) in [5.74, 6) is 0. The molecule has 0 spiro atoms. The first-order valence-electron chi connectivity index (χ1n) is 5.57. The molecule has 0 aromatic rings. The number of likely N-dealkylation sites (tertiary alicyclic amines) is 1. The van der Waals surface area contributed by atoms with Gasteiger partial charge in [0.05, 0.1) is 0 Å². The molecule has 1 atom stereocenters. The lowest BCUT2D eigenvalue weighted by Crippen LogP contribution is -2.49. The smallest absolute Gasteiger partial charge is 0.0236 e. The number of hydrogen-bond acceptors (Lipinski definition) is 3. The molecule has 0 unspecified atom stereocenters. The van der Waals surface area contributed by atoms with Crippen molar-refractivity contribution in [2.45, 2.75) is 19.4 Å². The van der Waals surface area contributed by atoms with Crippen LogP contribution < -0.4 is 5.32 Å². The van der Waals surface area contributed by atoms with Crippen molar-refractivity contribution in [2.24, 2.45) is 0 Å². The van der Waals surface area contributed by atoms with Gasteiger partial charge in [-0.15, -0.1) is 0 Å². The Balaban J connectivity index is 1.80. The van der Waals surface area contributed by atoms with E-state index in [0.717, 1.165) is 6.04 Å². The van der Waals surface area contributed by atoms with Crippen molar-refractivity contribution in [2.75, 3.05) is 45.8 Å². The maximum absolute atomic E-state index is 3.41. The fourth-order valence-corrected chi connectivity index (χ4v) is 2.44. The van der Waals surface area contributed by atoms with E-state index in [0.29, 0.717) is 0 Å². The quantitative estimate of drug-likeness (QED) is 0.649. The number of hydrogen-bond donors (Lipinski definition) is 1. The van der Waals surface area contributed by atoms with Crippen LogP contribution in [0.25, 0.3) is 0 Å². The van der Waals surface area contributed by atoms with E-state index in [9.17, 15) is 0 Å². The molecule has 0 saturated carbocycles. The molecule has 0 aromatic heterocycles. The van der Waals surface area contributed by atoms with Crippen LogP contribution in [0.15, 0.2) is 0 Å². The molecule has 13 heavy (non-hydrogen) atoms. The molecule has 2 heterocycles. The second-order valence-electron chi connectivity index (χ2n) is 4.12. The highest BCUT2D eigenvalue weighted by atomic mass is 15.3. The Kier molecular flexibility index (Phi) is 3.19. The summed E-state index contributed by atoms with van der Waals surface area (Å²) in [5.41, 5.74) is 0. The maximum atomic E-state index is 3.41. The molecule has 3 heteroatoms. The minimum absolute atomic E-state index is 0.849. The molecule has 3 nitrogen and oxygen atoms in total. The van der Waals surface area contributed by atoms with Crippen LogP contribution >= 0.6 is 0 Å². The highest BCUT2D eigenvalue weighted by Crippen LogP contribution is 2.15. The van der Waals surface area contributed by atoms with Gasteiger partial charge in [-0.25, -0.2) is 0 Å². The van der Waals surface area contributed by atoms with Crippen molar-refractivity contribution < 1.29 is 0 Å². The second-order valence-corrected chi connectivity index (χ2v) is 4.12. The number of rotatable bonds is 2. The lowest BCUT2D eigenvalue weighted by atomic mass is 10.2. The van der Waals surface area contributed by atoms with E-state index in [1.165, 1.54) is 52.2 Å². The van der Waals surface area contributed by atoms with Gasteiger partial charge in [0.25, 0.3) is 0 Å². The highest BCUT2D eigenvalue weighted by Gasteiger charge is 2.27. The summed E-state index contributed by atoms with van der Waals surface area (Å²) >= 11 is 0. The monoisotopic (exact) mass is 183 g/mol.